The Balaban J connectivity index is 2.52. The van der Waals surface area contributed by atoms with E-state index in [1.807, 2.05) is 33.8 Å². The Labute approximate surface area is 224 Å². The summed E-state index contributed by atoms with van der Waals surface area (Å²) in [6.45, 7) is 8.90. The van der Waals surface area contributed by atoms with Crippen molar-refractivity contribution in [3.05, 3.63) is 63.1 Å². The minimum atomic E-state index is -3.81. The summed E-state index contributed by atoms with van der Waals surface area (Å²) < 4.78 is 26.5. The Morgan fingerprint density at radius 1 is 1.00 bits per heavy atom. The number of anilines is 1. The van der Waals surface area contributed by atoms with Gasteiger partial charge in [0.2, 0.25) is 21.8 Å². The Hall–Kier alpha value is -2.29. The molecule has 10 heteroatoms. The standard InChI is InChI=1S/C26H35Cl2N3O4S/c1-7-19(5)29-26(33)24(8-2)30(15-21-22(27)10-9-11-23(21)28)25(32)16-31(36(6,34)35)20-13-12-17(3)18(4)14-20/h9-14,19,24H,7-8,15-16H2,1-6H3,(H,29,33)/t19-,24-/m0/s1. The van der Waals surface area contributed by atoms with Gasteiger partial charge in [-0.05, 0) is 69.0 Å². The summed E-state index contributed by atoms with van der Waals surface area (Å²) in [6, 6.07) is 9.27. The zero-order valence-corrected chi connectivity index (χ0v) is 24.0. The van der Waals surface area contributed by atoms with E-state index in [2.05, 4.69) is 5.32 Å². The molecule has 7 nitrogen and oxygen atoms in total. The zero-order chi connectivity index (χ0) is 27.2. The molecule has 0 unspecified atom stereocenters. The van der Waals surface area contributed by atoms with E-state index in [4.69, 9.17) is 23.2 Å². The Morgan fingerprint density at radius 3 is 2.11 bits per heavy atom. The molecule has 2 aromatic carbocycles. The summed E-state index contributed by atoms with van der Waals surface area (Å²) in [6.07, 6.45) is 2.09. The number of carbonyl (C=O) groups excluding carboxylic acids is 2. The van der Waals surface area contributed by atoms with Crippen LogP contribution < -0.4 is 9.62 Å². The summed E-state index contributed by atoms with van der Waals surface area (Å²) in [4.78, 5) is 28.3. The van der Waals surface area contributed by atoms with Crippen LogP contribution in [0.1, 0.15) is 50.3 Å². The lowest BCUT2D eigenvalue weighted by atomic mass is 10.1. The van der Waals surface area contributed by atoms with Gasteiger partial charge in [0.05, 0.1) is 11.9 Å². The first-order valence-electron chi connectivity index (χ1n) is 11.9. The fourth-order valence-electron chi connectivity index (χ4n) is 3.71. The number of halogens is 2. The van der Waals surface area contributed by atoms with Crippen LogP contribution >= 0.6 is 23.2 Å². The number of carbonyl (C=O) groups is 2. The summed E-state index contributed by atoms with van der Waals surface area (Å²) in [5.74, 6) is -0.860. The van der Waals surface area contributed by atoms with Gasteiger partial charge in [0.15, 0.2) is 0 Å². The molecular formula is C26H35Cl2N3O4S. The van der Waals surface area contributed by atoms with Crippen molar-refractivity contribution in [2.75, 3.05) is 17.1 Å². The lowest BCUT2D eigenvalue weighted by molar-refractivity contribution is -0.140. The first-order chi connectivity index (χ1) is 16.8. The van der Waals surface area contributed by atoms with E-state index in [-0.39, 0.29) is 18.5 Å². The van der Waals surface area contributed by atoms with Crippen LogP contribution in [-0.4, -0.2) is 50.0 Å². The van der Waals surface area contributed by atoms with Crippen LogP contribution in [-0.2, 0) is 26.2 Å². The van der Waals surface area contributed by atoms with E-state index in [1.165, 1.54) is 4.90 Å². The molecule has 0 spiro atoms. The Bertz CT molecular complexity index is 1180. The summed E-state index contributed by atoms with van der Waals surface area (Å²) in [7, 11) is -3.81. The molecule has 198 valence electrons. The molecule has 0 saturated heterocycles. The van der Waals surface area contributed by atoms with E-state index in [0.717, 1.165) is 28.1 Å². The van der Waals surface area contributed by atoms with Gasteiger partial charge in [-0.2, -0.15) is 0 Å². The van der Waals surface area contributed by atoms with Gasteiger partial charge < -0.3 is 10.2 Å². The van der Waals surface area contributed by atoms with Gasteiger partial charge in [-0.3, -0.25) is 13.9 Å². The van der Waals surface area contributed by atoms with Crippen molar-refractivity contribution in [3.8, 4) is 0 Å². The molecule has 0 saturated carbocycles. The van der Waals surface area contributed by atoms with Crippen molar-refractivity contribution >= 4 is 50.7 Å². The molecular weight excluding hydrogens is 521 g/mol. The van der Waals surface area contributed by atoms with Crippen LogP contribution in [0.3, 0.4) is 0 Å². The van der Waals surface area contributed by atoms with Crippen LogP contribution in [0, 0.1) is 13.8 Å². The highest BCUT2D eigenvalue weighted by Gasteiger charge is 2.33. The van der Waals surface area contributed by atoms with Crippen LogP contribution in [0.2, 0.25) is 10.0 Å². The van der Waals surface area contributed by atoms with Crippen molar-refractivity contribution in [1.29, 1.82) is 0 Å². The first-order valence-corrected chi connectivity index (χ1v) is 14.5. The number of amides is 2. The number of rotatable bonds is 11. The van der Waals surface area contributed by atoms with E-state index in [1.54, 1.807) is 37.3 Å². The molecule has 0 radical (unpaired) electrons. The third kappa shape index (κ3) is 7.60. The Kier molecular flexibility index (Phi) is 10.6. The molecule has 0 aliphatic carbocycles. The lowest BCUT2D eigenvalue weighted by Gasteiger charge is -2.33. The third-order valence-corrected chi connectivity index (χ3v) is 8.08. The Morgan fingerprint density at radius 2 is 1.61 bits per heavy atom. The number of nitrogens with one attached hydrogen (secondary N) is 1. The quantitative estimate of drug-likeness (QED) is 0.418. The van der Waals surface area contributed by atoms with Crippen LogP contribution in [0.5, 0.6) is 0 Å². The van der Waals surface area contributed by atoms with Gasteiger partial charge >= 0.3 is 0 Å². The monoisotopic (exact) mass is 555 g/mol. The lowest BCUT2D eigenvalue weighted by Crippen LogP contribution is -2.53. The summed E-state index contributed by atoms with van der Waals surface area (Å²) in [5.41, 5.74) is 2.76. The van der Waals surface area contributed by atoms with Crippen molar-refractivity contribution < 1.29 is 18.0 Å². The van der Waals surface area contributed by atoms with Gasteiger partial charge in [-0.25, -0.2) is 8.42 Å². The predicted octanol–water partition coefficient (Wildman–Crippen LogP) is 5.10. The highest BCUT2D eigenvalue weighted by Crippen LogP contribution is 2.28. The molecule has 0 bridgehead atoms. The molecule has 1 N–H and O–H groups in total. The largest absolute Gasteiger partial charge is 0.352 e. The molecule has 2 amide bonds. The van der Waals surface area contributed by atoms with Crippen LogP contribution in [0.4, 0.5) is 5.69 Å². The summed E-state index contributed by atoms with van der Waals surface area (Å²) in [5, 5.41) is 3.64. The number of hydrogen-bond donors (Lipinski definition) is 1. The topological polar surface area (TPSA) is 86.8 Å². The average molecular weight is 557 g/mol. The molecule has 0 aliphatic rings. The van der Waals surface area contributed by atoms with E-state index in [9.17, 15) is 18.0 Å². The average Bonchev–Trinajstić information content (AvgIpc) is 2.80. The molecule has 0 aliphatic heterocycles. The number of benzene rings is 2. The molecule has 36 heavy (non-hydrogen) atoms. The van der Waals surface area contributed by atoms with E-state index in [0.29, 0.717) is 27.7 Å². The van der Waals surface area contributed by atoms with Gasteiger partial charge in [-0.1, -0.05) is 49.2 Å². The highest BCUT2D eigenvalue weighted by molar-refractivity contribution is 7.92. The SMILES string of the molecule is CC[C@H](C)NC(=O)[C@H](CC)N(Cc1c(Cl)cccc1Cl)C(=O)CN(c1ccc(C)c(C)c1)S(C)(=O)=O. The highest BCUT2D eigenvalue weighted by atomic mass is 35.5. The molecule has 2 atom stereocenters. The van der Waals surface area contributed by atoms with Crippen LogP contribution in [0.15, 0.2) is 36.4 Å². The van der Waals surface area contributed by atoms with E-state index < -0.39 is 28.5 Å². The fourth-order valence-corrected chi connectivity index (χ4v) is 5.07. The maximum Gasteiger partial charge on any atom is 0.244 e. The maximum atomic E-state index is 13.8. The molecule has 2 aromatic rings. The zero-order valence-electron chi connectivity index (χ0n) is 21.6. The minimum absolute atomic E-state index is 0.0473. The second-order valence-electron chi connectivity index (χ2n) is 9.00. The van der Waals surface area contributed by atoms with Gasteiger partial charge in [0.25, 0.3) is 0 Å². The summed E-state index contributed by atoms with van der Waals surface area (Å²) >= 11 is 12.8. The molecule has 2 rings (SSSR count). The van der Waals surface area contributed by atoms with Gasteiger partial charge in [-0.15, -0.1) is 0 Å². The second-order valence-corrected chi connectivity index (χ2v) is 11.7. The normalized spacial score (nSPS) is 13.1. The predicted molar refractivity (Wildman–Crippen MR) is 147 cm³/mol. The van der Waals surface area contributed by atoms with Crippen molar-refractivity contribution in [1.82, 2.24) is 10.2 Å². The molecule has 0 heterocycles. The third-order valence-electron chi connectivity index (χ3n) is 6.23. The number of hydrogen-bond acceptors (Lipinski definition) is 4. The smallest absolute Gasteiger partial charge is 0.244 e. The maximum absolute atomic E-state index is 13.8. The van der Waals surface area contributed by atoms with E-state index >= 15 is 0 Å². The first kappa shape index (κ1) is 29.9. The molecule has 0 fully saturated rings. The van der Waals surface area contributed by atoms with Gasteiger partial charge in [0.1, 0.15) is 12.6 Å². The fraction of sp³-hybridized carbons (Fsp3) is 0.462. The minimum Gasteiger partial charge on any atom is -0.352 e. The number of nitrogens with zero attached hydrogens (tertiary/aromatic N) is 2. The van der Waals surface area contributed by atoms with Crippen molar-refractivity contribution in [3.63, 3.8) is 0 Å². The van der Waals surface area contributed by atoms with Crippen molar-refractivity contribution in [2.24, 2.45) is 0 Å². The second kappa shape index (κ2) is 12.8. The molecule has 0 aromatic heterocycles. The van der Waals surface area contributed by atoms with Crippen LogP contribution in [0.25, 0.3) is 0 Å². The number of sulfonamides is 1. The van der Waals surface area contributed by atoms with Gasteiger partial charge in [0, 0.05) is 28.2 Å². The van der Waals surface area contributed by atoms with Crippen molar-refractivity contribution in [2.45, 2.75) is 66.1 Å². The number of aryl methyl sites for hydroxylation is 2.